The molecule has 7 heteroatoms. The fourth-order valence-corrected chi connectivity index (χ4v) is 3.86. The van der Waals surface area contributed by atoms with Gasteiger partial charge in [0, 0.05) is 23.8 Å². The van der Waals surface area contributed by atoms with Crippen LogP contribution in [-0.2, 0) is 16.6 Å². The number of nitrogens with one attached hydrogen (secondary N) is 2. The van der Waals surface area contributed by atoms with Gasteiger partial charge in [-0.1, -0.05) is 6.92 Å². The average molecular weight is 297 g/mol. The summed E-state index contributed by atoms with van der Waals surface area (Å²) in [6.07, 6.45) is 3.09. The number of thiophene rings is 1. The quantitative estimate of drug-likeness (QED) is 0.856. The van der Waals surface area contributed by atoms with Crippen LogP contribution in [0.5, 0.6) is 0 Å². The Balaban J connectivity index is 2.13. The zero-order valence-corrected chi connectivity index (χ0v) is 12.1. The van der Waals surface area contributed by atoms with Gasteiger partial charge in [0.05, 0.1) is 5.69 Å². The van der Waals surface area contributed by atoms with Crippen LogP contribution in [0, 0.1) is 0 Å². The normalized spacial score (nSPS) is 11.4. The zero-order chi connectivity index (χ0) is 13.7. The minimum atomic E-state index is -3.50. The number of sulfonamides is 1. The summed E-state index contributed by atoms with van der Waals surface area (Å²) in [5.74, 6) is 0. The number of pyridine rings is 1. The molecule has 19 heavy (non-hydrogen) atoms. The van der Waals surface area contributed by atoms with Crippen LogP contribution >= 0.6 is 11.3 Å². The Morgan fingerprint density at radius 3 is 2.63 bits per heavy atom. The molecule has 0 bridgehead atoms. The SMILES string of the molecule is CCNCc1ccc(S(=O)(=O)Nc2ccncc2)s1. The van der Waals surface area contributed by atoms with Crippen molar-refractivity contribution >= 4 is 27.0 Å². The molecular formula is C12H15N3O2S2. The number of hydrogen-bond donors (Lipinski definition) is 2. The Hall–Kier alpha value is -1.44. The lowest BCUT2D eigenvalue weighted by atomic mass is 10.4. The maximum atomic E-state index is 12.1. The molecule has 2 N–H and O–H groups in total. The second-order valence-electron chi connectivity index (χ2n) is 3.84. The Labute approximate surface area is 116 Å². The summed E-state index contributed by atoms with van der Waals surface area (Å²) in [5.41, 5.74) is 0.511. The third kappa shape index (κ3) is 3.76. The van der Waals surface area contributed by atoms with Gasteiger partial charge in [0.15, 0.2) is 0 Å². The molecule has 0 spiro atoms. The van der Waals surface area contributed by atoms with E-state index in [4.69, 9.17) is 0 Å². The molecule has 2 heterocycles. The summed E-state index contributed by atoms with van der Waals surface area (Å²) >= 11 is 1.27. The molecule has 0 fully saturated rings. The number of nitrogens with zero attached hydrogens (tertiary/aromatic N) is 1. The van der Waals surface area contributed by atoms with E-state index in [0.717, 1.165) is 11.4 Å². The van der Waals surface area contributed by atoms with Gasteiger partial charge in [0.25, 0.3) is 10.0 Å². The van der Waals surface area contributed by atoms with Gasteiger partial charge in [-0.2, -0.15) is 0 Å². The molecule has 0 aliphatic carbocycles. The molecule has 0 aliphatic rings. The van der Waals surface area contributed by atoms with E-state index in [1.54, 1.807) is 30.6 Å². The molecule has 102 valence electrons. The third-order valence-electron chi connectivity index (χ3n) is 2.38. The van der Waals surface area contributed by atoms with Crippen molar-refractivity contribution in [3.63, 3.8) is 0 Å². The van der Waals surface area contributed by atoms with Crippen molar-refractivity contribution in [2.75, 3.05) is 11.3 Å². The van der Waals surface area contributed by atoms with Gasteiger partial charge in [-0.3, -0.25) is 9.71 Å². The van der Waals surface area contributed by atoms with Crippen molar-refractivity contribution in [3.8, 4) is 0 Å². The van der Waals surface area contributed by atoms with Crippen molar-refractivity contribution in [3.05, 3.63) is 41.5 Å². The summed E-state index contributed by atoms with van der Waals surface area (Å²) in [7, 11) is -3.50. The van der Waals surface area contributed by atoms with Gasteiger partial charge in [-0.15, -0.1) is 11.3 Å². The zero-order valence-electron chi connectivity index (χ0n) is 10.5. The first-order valence-electron chi connectivity index (χ1n) is 5.84. The van der Waals surface area contributed by atoms with Crippen LogP contribution in [0.25, 0.3) is 0 Å². The fourth-order valence-electron chi connectivity index (χ4n) is 1.47. The maximum absolute atomic E-state index is 12.1. The van der Waals surface area contributed by atoms with Gasteiger partial charge in [0.2, 0.25) is 0 Å². The minimum absolute atomic E-state index is 0.317. The van der Waals surface area contributed by atoms with Crippen LogP contribution < -0.4 is 10.0 Å². The Morgan fingerprint density at radius 1 is 1.21 bits per heavy atom. The molecule has 0 unspecified atom stereocenters. The molecule has 5 nitrogen and oxygen atoms in total. The predicted octanol–water partition coefficient (Wildman–Crippen LogP) is 2.05. The molecule has 0 amide bonds. The lowest BCUT2D eigenvalue weighted by molar-refractivity contribution is 0.603. The molecule has 0 atom stereocenters. The van der Waals surface area contributed by atoms with Crippen molar-refractivity contribution in [2.45, 2.75) is 17.7 Å². The van der Waals surface area contributed by atoms with E-state index >= 15 is 0 Å². The molecule has 2 rings (SSSR count). The number of rotatable bonds is 6. The largest absolute Gasteiger partial charge is 0.312 e. The highest BCUT2D eigenvalue weighted by molar-refractivity contribution is 7.94. The van der Waals surface area contributed by atoms with Crippen molar-refractivity contribution in [1.29, 1.82) is 0 Å². The van der Waals surface area contributed by atoms with Gasteiger partial charge < -0.3 is 5.32 Å². The van der Waals surface area contributed by atoms with Crippen LogP contribution in [0.1, 0.15) is 11.8 Å². The molecule has 2 aromatic rings. The first-order chi connectivity index (χ1) is 9.12. The molecule has 0 saturated carbocycles. The molecule has 0 radical (unpaired) electrons. The Kier molecular flexibility index (Phi) is 4.52. The molecule has 2 aromatic heterocycles. The van der Waals surface area contributed by atoms with Gasteiger partial charge >= 0.3 is 0 Å². The van der Waals surface area contributed by atoms with Crippen LogP contribution in [0.15, 0.2) is 40.9 Å². The van der Waals surface area contributed by atoms with Gasteiger partial charge in [-0.05, 0) is 30.8 Å². The molecule has 0 saturated heterocycles. The predicted molar refractivity (Wildman–Crippen MR) is 76.7 cm³/mol. The topological polar surface area (TPSA) is 71.1 Å². The van der Waals surface area contributed by atoms with Crippen LogP contribution in [0.4, 0.5) is 5.69 Å². The van der Waals surface area contributed by atoms with E-state index in [1.807, 2.05) is 13.0 Å². The molecule has 0 aromatic carbocycles. The van der Waals surface area contributed by atoms with Crippen LogP contribution in [-0.4, -0.2) is 19.9 Å². The summed E-state index contributed by atoms with van der Waals surface area (Å²) in [4.78, 5) is 4.84. The third-order valence-corrected chi connectivity index (χ3v) is 5.34. The van der Waals surface area contributed by atoms with Crippen LogP contribution in [0.2, 0.25) is 0 Å². The summed E-state index contributed by atoms with van der Waals surface area (Å²) in [6, 6.07) is 6.69. The first kappa shape index (κ1) is 14.0. The van der Waals surface area contributed by atoms with E-state index in [0.29, 0.717) is 16.4 Å². The Morgan fingerprint density at radius 2 is 1.95 bits per heavy atom. The second kappa shape index (κ2) is 6.14. The smallest absolute Gasteiger partial charge is 0.271 e. The lowest BCUT2D eigenvalue weighted by Gasteiger charge is -2.05. The van der Waals surface area contributed by atoms with E-state index < -0.39 is 10.0 Å². The molecular weight excluding hydrogens is 282 g/mol. The molecule has 0 aliphatic heterocycles. The fraction of sp³-hybridized carbons (Fsp3) is 0.250. The van der Waals surface area contributed by atoms with Crippen molar-refractivity contribution < 1.29 is 8.42 Å². The van der Waals surface area contributed by atoms with E-state index in [9.17, 15) is 8.42 Å². The summed E-state index contributed by atoms with van der Waals surface area (Å²) < 4.78 is 27.1. The standard InChI is InChI=1S/C12H15N3O2S2/c1-2-13-9-11-3-4-12(18-11)19(16,17)15-10-5-7-14-8-6-10/h3-8,13H,2,9H2,1H3,(H,14,15). The maximum Gasteiger partial charge on any atom is 0.271 e. The second-order valence-corrected chi connectivity index (χ2v) is 6.92. The highest BCUT2D eigenvalue weighted by Crippen LogP contribution is 2.23. The number of hydrogen-bond acceptors (Lipinski definition) is 5. The van der Waals surface area contributed by atoms with Crippen molar-refractivity contribution in [2.24, 2.45) is 0 Å². The Bertz CT molecular complexity index is 623. The van der Waals surface area contributed by atoms with E-state index in [-0.39, 0.29) is 0 Å². The lowest BCUT2D eigenvalue weighted by Crippen LogP contribution is -2.11. The monoisotopic (exact) mass is 297 g/mol. The summed E-state index contributed by atoms with van der Waals surface area (Å²) in [6.45, 7) is 3.55. The highest BCUT2D eigenvalue weighted by atomic mass is 32.2. The van der Waals surface area contributed by atoms with Crippen LogP contribution in [0.3, 0.4) is 0 Å². The number of anilines is 1. The highest BCUT2D eigenvalue weighted by Gasteiger charge is 2.16. The number of aromatic nitrogens is 1. The first-order valence-corrected chi connectivity index (χ1v) is 8.14. The summed E-state index contributed by atoms with van der Waals surface area (Å²) in [5, 5.41) is 3.17. The van der Waals surface area contributed by atoms with Gasteiger partial charge in [0.1, 0.15) is 4.21 Å². The van der Waals surface area contributed by atoms with Crippen molar-refractivity contribution in [1.82, 2.24) is 10.3 Å². The van der Waals surface area contributed by atoms with E-state index in [1.165, 1.54) is 11.3 Å². The van der Waals surface area contributed by atoms with Gasteiger partial charge in [-0.25, -0.2) is 8.42 Å². The minimum Gasteiger partial charge on any atom is -0.312 e. The van der Waals surface area contributed by atoms with E-state index in [2.05, 4.69) is 15.0 Å². The average Bonchev–Trinajstić information content (AvgIpc) is 2.86.